The molecule has 0 aliphatic heterocycles. The second-order valence-corrected chi connectivity index (χ2v) is 1.39. The zero-order chi connectivity index (χ0) is 5.70. The zero-order valence-electron chi connectivity index (χ0n) is 3.92. The van der Waals surface area contributed by atoms with Gasteiger partial charge in [0.2, 0.25) is 0 Å². The summed E-state index contributed by atoms with van der Waals surface area (Å²) in [4.78, 5) is 0. The van der Waals surface area contributed by atoms with E-state index in [4.69, 9.17) is 5.73 Å². The van der Waals surface area contributed by atoms with E-state index < -0.39 is 0 Å². The first-order valence-corrected chi connectivity index (χ1v) is 2.26. The van der Waals surface area contributed by atoms with Gasteiger partial charge < -0.3 is 5.73 Å². The Kier molecular flexibility index (Phi) is 3.32. The molecule has 0 bridgehead atoms. The fourth-order valence-electron chi connectivity index (χ4n) is 0.155. The lowest BCUT2D eigenvalue weighted by Crippen LogP contribution is -2.21. The highest BCUT2D eigenvalue weighted by molar-refractivity contribution is 7.80. The van der Waals surface area contributed by atoms with E-state index in [1.807, 2.05) is 0 Å². The fourth-order valence-corrected chi connectivity index (χ4v) is 0.229. The molecule has 0 aromatic carbocycles. The minimum Gasteiger partial charge on any atom is -0.375 e. The first-order valence-electron chi connectivity index (χ1n) is 1.85. The molecule has 0 spiro atoms. The Balaban J connectivity index is 2.97. The lowest BCUT2D eigenvalue weighted by Gasteiger charge is -1.89. The summed E-state index contributed by atoms with van der Waals surface area (Å²) in [5.41, 5.74) is 5.00. The third-order valence-electron chi connectivity index (χ3n) is 0.376. The van der Waals surface area contributed by atoms with E-state index in [2.05, 4.69) is 24.1 Å². The summed E-state index contributed by atoms with van der Waals surface area (Å²) in [5.74, 6) is 0. The lowest BCUT2D eigenvalue weighted by molar-refractivity contribution is 1.03. The maximum Gasteiger partial charge on any atom is 0.185 e. The van der Waals surface area contributed by atoms with Gasteiger partial charge in [-0.05, 0) is 12.2 Å². The molecule has 0 amide bonds. The molecule has 2 nitrogen and oxygen atoms in total. The van der Waals surface area contributed by atoms with Gasteiger partial charge in [0.25, 0.3) is 0 Å². The molecule has 2 N–H and O–H groups in total. The Labute approximate surface area is 48.4 Å². The van der Waals surface area contributed by atoms with Crippen LogP contribution in [0.15, 0.2) is 12.7 Å². The van der Waals surface area contributed by atoms with E-state index in [0.717, 1.165) is 0 Å². The number of nitrogens with zero attached hydrogens (tertiary/aromatic N) is 1. The third kappa shape index (κ3) is 5.43. The van der Waals surface area contributed by atoms with Gasteiger partial charge in [-0.15, -0.1) is 6.58 Å². The molecule has 0 aliphatic carbocycles. The van der Waals surface area contributed by atoms with Gasteiger partial charge in [-0.1, -0.05) is 6.08 Å². The van der Waals surface area contributed by atoms with Crippen LogP contribution in [0.5, 0.6) is 0 Å². The smallest absolute Gasteiger partial charge is 0.185 e. The summed E-state index contributed by atoms with van der Waals surface area (Å²) in [6.07, 6.45) is 1.64. The average Bonchev–Trinajstić information content (AvgIpc) is 1.61. The summed E-state index contributed by atoms with van der Waals surface area (Å²) < 4.78 is 0. The third-order valence-corrected chi connectivity index (χ3v) is 0.505. The van der Waals surface area contributed by atoms with Gasteiger partial charge in [-0.2, -0.15) is 0 Å². The summed E-state index contributed by atoms with van der Waals surface area (Å²) in [6.45, 7) is 3.95. The van der Waals surface area contributed by atoms with Crippen LogP contribution in [0, 0.1) is 0 Å². The molecule has 0 rings (SSSR count). The van der Waals surface area contributed by atoms with Crippen molar-refractivity contribution in [1.82, 2.24) is 5.32 Å². The average molecular weight is 115 g/mol. The van der Waals surface area contributed by atoms with Gasteiger partial charge >= 0.3 is 0 Å². The van der Waals surface area contributed by atoms with Crippen LogP contribution in [-0.2, 0) is 0 Å². The predicted octanol–water partition coefficient (Wildman–Crippen LogP) is 0.0204. The normalized spacial score (nSPS) is 7.43. The van der Waals surface area contributed by atoms with Crippen LogP contribution >= 0.6 is 12.2 Å². The van der Waals surface area contributed by atoms with Crippen LogP contribution < -0.4 is 11.1 Å². The van der Waals surface area contributed by atoms with Crippen molar-refractivity contribution in [2.75, 3.05) is 6.54 Å². The Morgan fingerprint density at radius 1 is 2.00 bits per heavy atom. The number of hydrogen-bond acceptors (Lipinski definition) is 1. The summed E-state index contributed by atoms with van der Waals surface area (Å²) >= 11 is 4.42. The molecule has 3 heteroatoms. The Morgan fingerprint density at radius 2 is 2.57 bits per heavy atom. The Bertz CT molecular complexity index is 79.8. The first-order chi connectivity index (χ1) is 3.27. The van der Waals surface area contributed by atoms with Gasteiger partial charge in [0, 0.05) is 0 Å². The molecule has 0 heterocycles. The van der Waals surface area contributed by atoms with Gasteiger partial charge in [0.05, 0.1) is 6.54 Å². The van der Waals surface area contributed by atoms with Crippen LogP contribution in [0.4, 0.5) is 0 Å². The molecule has 39 valence electrons. The van der Waals surface area contributed by atoms with Crippen molar-refractivity contribution in [2.45, 2.75) is 0 Å². The zero-order valence-corrected chi connectivity index (χ0v) is 4.74. The topological polar surface area (TPSA) is 40.1 Å². The molecule has 0 atom stereocenters. The van der Waals surface area contributed by atoms with Gasteiger partial charge in [0.1, 0.15) is 0 Å². The van der Waals surface area contributed by atoms with E-state index in [1.54, 1.807) is 6.08 Å². The SMILES string of the molecule is C=CC[N]C(N)=S. The van der Waals surface area contributed by atoms with Crippen molar-refractivity contribution in [2.24, 2.45) is 5.73 Å². The van der Waals surface area contributed by atoms with Crippen molar-refractivity contribution in [3.8, 4) is 0 Å². The molecular weight excluding hydrogens is 108 g/mol. The highest BCUT2D eigenvalue weighted by Gasteiger charge is 1.80. The van der Waals surface area contributed by atoms with E-state index in [9.17, 15) is 0 Å². The maximum atomic E-state index is 5.00. The number of hydrogen-bond donors (Lipinski definition) is 1. The molecule has 0 unspecified atom stereocenters. The van der Waals surface area contributed by atoms with E-state index in [-0.39, 0.29) is 5.11 Å². The molecule has 0 aromatic heterocycles. The molecule has 0 fully saturated rings. The first kappa shape index (κ1) is 6.43. The van der Waals surface area contributed by atoms with Crippen LogP contribution in [0.2, 0.25) is 0 Å². The number of thiocarbonyl (C=S) groups is 1. The van der Waals surface area contributed by atoms with E-state index >= 15 is 0 Å². The van der Waals surface area contributed by atoms with Gasteiger partial charge in [-0.3, -0.25) is 5.32 Å². The quantitative estimate of drug-likeness (QED) is 0.407. The van der Waals surface area contributed by atoms with Crippen molar-refractivity contribution in [1.29, 1.82) is 0 Å². The molecule has 0 saturated heterocycles. The van der Waals surface area contributed by atoms with Gasteiger partial charge in [-0.25, -0.2) is 0 Å². The van der Waals surface area contributed by atoms with Crippen LogP contribution in [0.3, 0.4) is 0 Å². The minimum absolute atomic E-state index is 0.194. The maximum absolute atomic E-state index is 5.00. The Morgan fingerprint density at radius 3 is 2.71 bits per heavy atom. The fraction of sp³-hybridized carbons (Fsp3) is 0.250. The molecule has 1 radical (unpaired) electrons. The van der Waals surface area contributed by atoms with Crippen LogP contribution in [0.1, 0.15) is 0 Å². The predicted molar refractivity (Wildman–Crippen MR) is 34.0 cm³/mol. The summed E-state index contributed by atoms with van der Waals surface area (Å²) in [7, 11) is 0. The van der Waals surface area contributed by atoms with Crippen molar-refractivity contribution in [3.63, 3.8) is 0 Å². The summed E-state index contributed by atoms with van der Waals surface area (Å²) in [6, 6.07) is 0. The largest absolute Gasteiger partial charge is 0.375 e. The summed E-state index contributed by atoms with van der Waals surface area (Å²) in [5, 5.41) is 3.83. The van der Waals surface area contributed by atoms with E-state index in [0.29, 0.717) is 6.54 Å². The molecule has 7 heavy (non-hydrogen) atoms. The van der Waals surface area contributed by atoms with Crippen molar-refractivity contribution < 1.29 is 0 Å². The van der Waals surface area contributed by atoms with Crippen molar-refractivity contribution in [3.05, 3.63) is 12.7 Å². The van der Waals surface area contributed by atoms with E-state index in [1.165, 1.54) is 0 Å². The number of nitrogens with two attached hydrogens (primary N) is 1. The highest BCUT2D eigenvalue weighted by atomic mass is 32.1. The van der Waals surface area contributed by atoms with Crippen LogP contribution in [-0.4, -0.2) is 11.7 Å². The molecule has 0 saturated carbocycles. The standard InChI is InChI=1S/C4H7N2S/c1-2-3-6-4(5)7/h2H,1,3H2,(H2,5,7). The second kappa shape index (κ2) is 3.61. The monoisotopic (exact) mass is 115 g/mol. The Hall–Kier alpha value is -0.570. The van der Waals surface area contributed by atoms with Crippen molar-refractivity contribution >= 4 is 17.3 Å². The second-order valence-electron chi connectivity index (χ2n) is 0.968. The number of rotatable bonds is 2. The molecule has 0 aromatic rings. The lowest BCUT2D eigenvalue weighted by atomic mass is 10.6. The van der Waals surface area contributed by atoms with Gasteiger partial charge in [0.15, 0.2) is 5.11 Å². The van der Waals surface area contributed by atoms with Crippen LogP contribution in [0.25, 0.3) is 0 Å². The molecule has 0 aliphatic rings. The minimum atomic E-state index is 0.194. The highest BCUT2D eigenvalue weighted by Crippen LogP contribution is 1.62. The molecular formula is C4H7N2S.